The average molecular weight is 151 g/mol. The van der Waals surface area contributed by atoms with Gasteiger partial charge in [0.05, 0.1) is 6.54 Å². The van der Waals surface area contributed by atoms with Crippen molar-refractivity contribution in [3.05, 3.63) is 0 Å². The molecule has 0 aliphatic rings. The molecule has 0 aliphatic heterocycles. The van der Waals surface area contributed by atoms with Crippen LogP contribution in [0.1, 0.15) is 27.2 Å². The lowest BCUT2D eigenvalue weighted by Gasteiger charge is -2.15. The highest BCUT2D eigenvalue weighted by molar-refractivity contribution is 4.65. The van der Waals surface area contributed by atoms with Gasteiger partial charge >= 0.3 is 0 Å². The molecule has 0 fully saturated rings. The zero-order chi connectivity index (χ0) is 8.20. The van der Waals surface area contributed by atoms with Crippen molar-refractivity contribution in [2.24, 2.45) is 0 Å². The monoisotopic (exact) mass is 151 g/mol. The third-order valence-electron chi connectivity index (χ3n) is 1.37. The lowest BCUT2D eigenvalue weighted by atomic mass is 10.2. The van der Waals surface area contributed by atoms with Crippen molar-refractivity contribution in [2.45, 2.75) is 39.2 Å². The Morgan fingerprint density at radius 3 is 2.30 bits per heavy atom. The normalized spacial score (nSPS) is 15.3. The summed E-state index contributed by atoms with van der Waals surface area (Å²) in [6.07, 6.45) is 0.885. The van der Waals surface area contributed by atoms with Crippen LogP contribution in [0, 0.1) is 0 Å². The van der Waals surface area contributed by atoms with E-state index in [1.165, 1.54) is 0 Å². The number of nitrogens with one attached hydrogen (secondary N) is 1. The van der Waals surface area contributed by atoms with Gasteiger partial charge in [0.25, 0.3) is 5.92 Å². The van der Waals surface area contributed by atoms with Gasteiger partial charge in [0.2, 0.25) is 0 Å². The molecule has 0 amide bonds. The third-order valence-corrected chi connectivity index (χ3v) is 1.37. The first-order valence-corrected chi connectivity index (χ1v) is 3.57. The quantitative estimate of drug-likeness (QED) is 0.648. The predicted octanol–water partition coefficient (Wildman–Crippen LogP) is 2.03. The summed E-state index contributed by atoms with van der Waals surface area (Å²) in [5.74, 6) is -2.58. The lowest BCUT2D eigenvalue weighted by molar-refractivity contribution is 0.0203. The molecular formula is C7H15F2N. The summed E-state index contributed by atoms with van der Waals surface area (Å²) in [5.41, 5.74) is 0. The van der Waals surface area contributed by atoms with E-state index in [9.17, 15) is 8.78 Å². The van der Waals surface area contributed by atoms with Crippen molar-refractivity contribution >= 4 is 0 Å². The number of hydrogen-bond acceptors (Lipinski definition) is 1. The number of halogens is 2. The molecule has 0 aromatic heterocycles. The highest BCUT2D eigenvalue weighted by Gasteiger charge is 2.20. The molecule has 1 atom stereocenters. The van der Waals surface area contributed by atoms with E-state index in [2.05, 4.69) is 5.32 Å². The summed E-state index contributed by atoms with van der Waals surface area (Å²) in [6.45, 7) is 4.56. The molecular weight excluding hydrogens is 136 g/mol. The molecule has 1 unspecified atom stereocenters. The molecule has 1 N–H and O–H groups in total. The minimum absolute atomic E-state index is 0.186. The van der Waals surface area contributed by atoms with Crippen molar-refractivity contribution in [3.63, 3.8) is 0 Å². The number of rotatable bonds is 4. The first-order valence-electron chi connectivity index (χ1n) is 3.57. The first kappa shape index (κ1) is 9.82. The predicted molar refractivity (Wildman–Crippen MR) is 38.4 cm³/mol. The van der Waals surface area contributed by atoms with E-state index in [-0.39, 0.29) is 12.6 Å². The molecule has 0 aromatic carbocycles. The van der Waals surface area contributed by atoms with Gasteiger partial charge in [-0.05, 0) is 13.3 Å². The van der Waals surface area contributed by atoms with E-state index in [1.807, 2.05) is 13.8 Å². The maximum atomic E-state index is 12.2. The van der Waals surface area contributed by atoms with Gasteiger partial charge in [-0.25, -0.2) is 8.78 Å². The van der Waals surface area contributed by atoms with Crippen molar-refractivity contribution in [1.82, 2.24) is 5.32 Å². The summed E-state index contributed by atoms with van der Waals surface area (Å²) in [4.78, 5) is 0. The van der Waals surface area contributed by atoms with Crippen LogP contribution in [-0.2, 0) is 0 Å². The van der Waals surface area contributed by atoms with Gasteiger partial charge in [-0.2, -0.15) is 0 Å². The second-order valence-corrected chi connectivity index (χ2v) is 2.76. The van der Waals surface area contributed by atoms with Crippen LogP contribution in [-0.4, -0.2) is 18.5 Å². The first-order chi connectivity index (χ1) is 4.45. The fraction of sp³-hybridized carbons (Fsp3) is 1.00. The SMILES string of the molecule is CCC(C)NCC(C)(F)F. The molecule has 62 valence electrons. The second kappa shape index (κ2) is 3.86. The molecule has 10 heavy (non-hydrogen) atoms. The largest absolute Gasteiger partial charge is 0.309 e. The van der Waals surface area contributed by atoms with Crippen molar-refractivity contribution < 1.29 is 8.78 Å². The van der Waals surface area contributed by atoms with Gasteiger partial charge < -0.3 is 5.32 Å². The fourth-order valence-electron chi connectivity index (χ4n) is 0.498. The Hall–Kier alpha value is -0.180. The minimum Gasteiger partial charge on any atom is -0.309 e. The Kier molecular flexibility index (Phi) is 3.79. The van der Waals surface area contributed by atoms with E-state index in [1.54, 1.807) is 0 Å². The fourth-order valence-corrected chi connectivity index (χ4v) is 0.498. The molecule has 0 rings (SSSR count). The van der Waals surface area contributed by atoms with E-state index in [0.717, 1.165) is 13.3 Å². The highest BCUT2D eigenvalue weighted by atomic mass is 19.3. The van der Waals surface area contributed by atoms with Gasteiger partial charge in [-0.3, -0.25) is 0 Å². The van der Waals surface area contributed by atoms with Gasteiger partial charge in [-0.15, -0.1) is 0 Å². The summed E-state index contributed by atoms with van der Waals surface area (Å²) in [7, 11) is 0. The highest BCUT2D eigenvalue weighted by Crippen LogP contribution is 2.09. The van der Waals surface area contributed by atoms with Crippen LogP contribution in [0.5, 0.6) is 0 Å². The van der Waals surface area contributed by atoms with Gasteiger partial charge in [-0.1, -0.05) is 6.92 Å². The Labute approximate surface area is 60.8 Å². The topological polar surface area (TPSA) is 12.0 Å². The Morgan fingerprint density at radius 1 is 1.50 bits per heavy atom. The zero-order valence-corrected chi connectivity index (χ0v) is 6.75. The molecule has 0 heterocycles. The van der Waals surface area contributed by atoms with Crippen LogP contribution in [0.3, 0.4) is 0 Å². The summed E-state index contributed by atoms with van der Waals surface area (Å²) in [6, 6.07) is 0.186. The summed E-state index contributed by atoms with van der Waals surface area (Å²) < 4.78 is 24.3. The Morgan fingerprint density at radius 2 is 2.00 bits per heavy atom. The minimum atomic E-state index is -2.58. The van der Waals surface area contributed by atoms with Gasteiger partial charge in [0, 0.05) is 13.0 Å². The molecule has 0 radical (unpaired) electrons. The van der Waals surface area contributed by atoms with Crippen molar-refractivity contribution in [3.8, 4) is 0 Å². The van der Waals surface area contributed by atoms with E-state index >= 15 is 0 Å². The van der Waals surface area contributed by atoms with Gasteiger partial charge in [0.15, 0.2) is 0 Å². The van der Waals surface area contributed by atoms with E-state index in [0.29, 0.717) is 0 Å². The number of alkyl halides is 2. The Balaban J connectivity index is 3.36. The maximum Gasteiger partial charge on any atom is 0.257 e. The second-order valence-electron chi connectivity index (χ2n) is 2.76. The molecule has 3 heteroatoms. The van der Waals surface area contributed by atoms with Crippen LogP contribution in [0.15, 0.2) is 0 Å². The summed E-state index contributed by atoms with van der Waals surface area (Å²) in [5, 5.41) is 2.72. The molecule has 0 aliphatic carbocycles. The summed E-state index contributed by atoms with van der Waals surface area (Å²) >= 11 is 0. The van der Waals surface area contributed by atoms with Gasteiger partial charge in [0.1, 0.15) is 0 Å². The van der Waals surface area contributed by atoms with Crippen molar-refractivity contribution in [1.29, 1.82) is 0 Å². The third kappa shape index (κ3) is 5.95. The molecule has 1 nitrogen and oxygen atoms in total. The van der Waals surface area contributed by atoms with Crippen LogP contribution in [0.2, 0.25) is 0 Å². The molecule has 0 spiro atoms. The smallest absolute Gasteiger partial charge is 0.257 e. The molecule has 0 saturated carbocycles. The van der Waals surface area contributed by atoms with Crippen LogP contribution in [0.4, 0.5) is 8.78 Å². The van der Waals surface area contributed by atoms with Crippen molar-refractivity contribution in [2.75, 3.05) is 6.54 Å². The van der Waals surface area contributed by atoms with Crippen LogP contribution >= 0.6 is 0 Å². The molecule has 0 aromatic rings. The lowest BCUT2D eigenvalue weighted by Crippen LogP contribution is -2.35. The standard InChI is InChI=1S/C7H15F2N/c1-4-6(2)10-5-7(3,8)9/h6,10H,4-5H2,1-3H3. The number of hydrogen-bond donors (Lipinski definition) is 1. The zero-order valence-electron chi connectivity index (χ0n) is 6.75. The average Bonchev–Trinajstić information content (AvgIpc) is 1.81. The molecule has 0 saturated heterocycles. The van der Waals surface area contributed by atoms with Crippen LogP contribution in [0.25, 0.3) is 0 Å². The molecule has 0 bridgehead atoms. The van der Waals surface area contributed by atoms with E-state index in [4.69, 9.17) is 0 Å². The maximum absolute atomic E-state index is 12.2. The van der Waals surface area contributed by atoms with Crippen LogP contribution < -0.4 is 5.32 Å². The Bertz CT molecular complexity index is 88.1. The van der Waals surface area contributed by atoms with E-state index < -0.39 is 5.92 Å².